The zero-order valence-electron chi connectivity index (χ0n) is 15.2. The molecule has 10 heteroatoms. The fraction of sp³-hybridized carbons (Fsp3) is 0.158. The summed E-state index contributed by atoms with van der Waals surface area (Å²) in [6.45, 7) is 2.01. The highest BCUT2D eigenvalue weighted by Crippen LogP contribution is 2.34. The Labute approximate surface area is 178 Å². The highest BCUT2D eigenvalue weighted by Gasteiger charge is 2.17. The summed E-state index contributed by atoms with van der Waals surface area (Å²) in [6.07, 6.45) is 0. The maximum absolute atomic E-state index is 12.3. The first-order chi connectivity index (χ1) is 14.1. The van der Waals surface area contributed by atoms with E-state index in [1.165, 1.54) is 22.7 Å². The SMILES string of the molecule is CCOC(=O)c1nc(COC(=O)c2cc3sc(Nc4ccccc4)nc3s2)cs1. The number of ether oxygens (including phenoxy) is 2. The van der Waals surface area contributed by atoms with Crippen LogP contribution in [0, 0.1) is 0 Å². The number of benzene rings is 1. The van der Waals surface area contributed by atoms with E-state index in [9.17, 15) is 9.59 Å². The molecule has 7 nitrogen and oxygen atoms in total. The van der Waals surface area contributed by atoms with E-state index in [1.54, 1.807) is 18.4 Å². The summed E-state index contributed by atoms with van der Waals surface area (Å²) < 4.78 is 11.1. The van der Waals surface area contributed by atoms with Crippen molar-refractivity contribution in [3.63, 3.8) is 0 Å². The Morgan fingerprint density at radius 3 is 2.66 bits per heavy atom. The molecule has 0 saturated carbocycles. The van der Waals surface area contributed by atoms with E-state index >= 15 is 0 Å². The second-order valence-corrected chi connectivity index (χ2v) is 8.65. The number of anilines is 2. The average Bonchev–Trinajstić information content (AvgIpc) is 3.42. The van der Waals surface area contributed by atoms with Gasteiger partial charge in [0.05, 0.1) is 17.0 Å². The molecule has 0 radical (unpaired) electrons. The van der Waals surface area contributed by atoms with Crippen LogP contribution in [0.2, 0.25) is 0 Å². The number of hydrogen-bond acceptors (Lipinski definition) is 10. The fourth-order valence-corrected chi connectivity index (χ4v) is 5.13. The molecule has 3 heterocycles. The third-order valence-electron chi connectivity index (χ3n) is 3.67. The number of para-hydroxylation sites is 1. The van der Waals surface area contributed by atoms with Gasteiger partial charge in [-0.3, -0.25) is 0 Å². The smallest absolute Gasteiger partial charge is 0.367 e. The van der Waals surface area contributed by atoms with Crippen molar-refractivity contribution in [1.82, 2.24) is 9.97 Å². The van der Waals surface area contributed by atoms with E-state index in [2.05, 4.69) is 15.3 Å². The van der Waals surface area contributed by atoms with E-state index in [-0.39, 0.29) is 18.2 Å². The highest BCUT2D eigenvalue weighted by molar-refractivity contribution is 7.29. The molecular formula is C19H15N3O4S3. The number of aromatic nitrogens is 2. The second kappa shape index (κ2) is 8.68. The Morgan fingerprint density at radius 2 is 1.90 bits per heavy atom. The van der Waals surface area contributed by atoms with Crippen molar-refractivity contribution in [3.05, 3.63) is 57.4 Å². The van der Waals surface area contributed by atoms with Crippen molar-refractivity contribution in [1.29, 1.82) is 0 Å². The van der Waals surface area contributed by atoms with Crippen molar-refractivity contribution in [3.8, 4) is 0 Å². The van der Waals surface area contributed by atoms with Gasteiger partial charge in [-0.2, -0.15) is 0 Å². The lowest BCUT2D eigenvalue weighted by molar-refractivity contribution is 0.0474. The van der Waals surface area contributed by atoms with Crippen LogP contribution in [-0.2, 0) is 16.1 Å². The molecule has 4 rings (SSSR count). The predicted octanol–water partition coefficient (Wildman–Crippen LogP) is 5.09. The summed E-state index contributed by atoms with van der Waals surface area (Å²) in [5.41, 5.74) is 1.47. The van der Waals surface area contributed by atoms with Crippen LogP contribution in [-0.4, -0.2) is 28.5 Å². The summed E-state index contributed by atoms with van der Waals surface area (Å²) in [5, 5.41) is 5.94. The monoisotopic (exact) mass is 445 g/mol. The van der Waals surface area contributed by atoms with Gasteiger partial charge in [0.2, 0.25) is 5.01 Å². The quantitative estimate of drug-likeness (QED) is 0.396. The number of nitrogens with one attached hydrogen (secondary N) is 1. The van der Waals surface area contributed by atoms with Crippen LogP contribution in [0.4, 0.5) is 10.8 Å². The highest BCUT2D eigenvalue weighted by atomic mass is 32.1. The molecular weight excluding hydrogens is 430 g/mol. The van der Waals surface area contributed by atoms with Crippen LogP contribution in [0.1, 0.15) is 32.1 Å². The molecule has 148 valence electrons. The second-order valence-electron chi connectivity index (χ2n) is 5.73. The number of carbonyl (C=O) groups is 2. The van der Waals surface area contributed by atoms with Crippen molar-refractivity contribution in [2.75, 3.05) is 11.9 Å². The Kier molecular flexibility index (Phi) is 5.84. The van der Waals surface area contributed by atoms with Crippen molar-refractivity contribution >= 4 is 66.3 Å². The van der Waals surface area contributed by atoms with Gasteiger partial charge in [0.15, 0.2) is 5.13 Å². The molecule has 0 spiro atoms. The van der Waals surface area contributed by atoms with E-state index in [4.69, 9.17) is 9.47 Å². The number of hydrogen-bond donors (Lipinski definition) is 1. The van der Waals surface area contributed by atoms with Gasteiger partial charge in [0.1, 0.15) is 16.3 Å². The Hall–Kier alpha value is -2.82. The van der Waals surface area contributed by atoms with Crippen molar-refractivity contribution in [2.24, 2.45) is 0 Å². The molecule has 0 atom stereocenters. The Balaban J connectivity index is 1.37. The minimum absolute atomic E-state index is 0.00543. The topological polar surface area (TPSA) is 90.4 Å². The minimum Gasteiger partial charge on any atom is -0.461 e. The van der Waals surface area contributed by atoms with Gasteiger partial charge in [-0.15, -0.1) is 22.7 Å². The maximum Gasteiger partial charge on any atom is 0.367 e. The van der Waals surface area contributed by atoms with E-state index < -0.39 is 11.9 Å². The number of nitrogens with zero attached hydrogens (tertiary/aromatic N) is 2. The standard InChI is InChI=1S/C19H15N3O4S3/c1-2-25-18(24)16-20-12(10-27-16)9-26-17(23)14-8-13-15(28-14)22-19(29-13)21-11-6-4-3-5-7-11/h3-8,10H,2,9H2,1H3,(H,21,22). The van der Waals surface area contributed by atoms with Crippen LogP contribution >= 0.6 is 34.0 Å². The summed E-state index contributed by atoms with van der Waals surface area (Å²) in [6, 6.07) is 11.6. The van der Waals surface area contributed by atoms with E-state index in [0.717, 1.165) is 31.7 Å². The molecule has 0 saturated heterocycles. The molecule has 0 fully saturated rings. The zero-order chi connectivity index (χ0) is 20.2. The first-order valence-electron chi connectivity index (χ1n) is 8.63. The molecule has 0 amide bonds. The summed E-state index contributed by atoms with van der Waals surface area (Å²) in [7, 11) is 0. The van der Waals surface area contributed by atoms with Gasteiger partial charge in [0.25, 0.3) is 0 Å². The van der Waals surface area contributed by atoms with Crippen molar-refractivity contribution in [2.45, 2.75) is 13.5 Å². The molecule has 0 unspecified atom stereocenters. The van der Waals surface area contributed by atoms with Gasteiger partial charge < -0.3 is 14.8 Å². The molecule has 0 aliphatic carbocycles. The summed E-state index contributed by atoms with van der Waals surface area (Å²) in [4.78, 5) is 33.9. The number of thiazole rings is 2. The third-order valence-corrected chi connectivity index (χ3v) is 6.60. The largest absolute Gasteiger partial charge is 0.461 e. The Bertz CT molecular complexity index is 1120. The molecule has 0 aliphatic rings. The van der Waals surface area contributed by atoms with Gasteiger partial charge >= 0.3 is 11.9 Å². The van der Waals surface area contributed by atoms with Crippen LogP contribution < -0.4 is 5.32 Å². The van der Waals surface area contributed by atoms with Crippen LogP contribution in [0.15, 0.2) is 41.8 Å². The van der Waals surface area contributed by atoms with Crippen molar-refractivity contribution < 1.29 is 19.1 Å². The number of fused-ring (bicyclic) bond motifs is 1. The first kappa shape index (κ1) is 19.5. The molecule has 1 aromatic carbocycles. The Morgan fingerprint density at radius 1 is 1.07 bits per heavy atom. The molecule has 29 heavy (non-hydrogen) atoms. The van der Waals surface area contributed by atoms with E-state index in [0.29, 0.717) is 10.6 Å². The minimum atomic E-state index is -0.473. The summed E-state index contributed by atoms with van der Waals surface area (Å²) in [5.74, 6) is -0.914. The molecule has 4 aromatic rings. The lowest BCUT2D eigenvalue weighted by atomic mass is 10.3. The van der Waals surface area contributed by atoms with Gasteiger partial charge in [0, 0.05) is 11.1 Å². The average molecular weight is 446 g/mol. The third kappa shape index (κ3) is 4.61. The first-order valence-corrected chi connectivity index (χ1v) is 11.1. The van der Waals surface area contributed by atoms with Gasteiger partial charge in [-0.05, 0) is 25.1 Å². The van der Waals surface area contributed by atoms with E-state index in [1.807, 2.05) is 30.3 Å². The molecule has 0 bridgehead atoms. The van der Waals surface area contributed by atoms with Crippen LogP contribution in [0.5, 0.6) is 0 Å². The summed E-state index contributed by atoms with van der Waals surface area (Å²) >= 11 is 3.92. The van der Waals surface area contributed by atoms with Crippen LogP contribution in [0.3, 0.4) is 0 Å². The van der Waals surface area contributed by atoms with Crippen LogP contribution in [0.25, 0.3) is 9.53 Å². The maximum atomic E-state index is 12.3. The predicted molar refractivity (Wildman–Crippen MR) is 114 cm³/mol. The number of esters is 2. The number of carbonyl (C=O) groups excluding carboxylic acids is 2. The van der Waals surface area contributed by atoms with Gasteiger partial charge in [-0.1, -0.05) is 29.5 Å². The molecule has 0 aliphatic heterocycles. The zero-order valence-corrected chi connectivity index (χ0v) is 17.7. The molecule has 1 N–H and O–H groups in total. The van der Waals surface area contributed by atoms with Gasteiger partial charge in [-0.25, -0.2) is 19.6 Å². The lowest BCUT2D eigenvalue weighted by Gasteiger charge is -2.01. The lowest BCUT2D eigenvalue weighted by Crippen LogP contribution is -2.06. The number of thiophene rings is 1. The normalized spacial score (nSPS) is 10.8. The molecule has 3 aromatic heterocycles. The fourth-order valence-electron chi connectivity index (χ4n) is 2.40. The number of rotatable bonds is 7.